The smallest absolute Gasteiger partial charge is 0.180 e. The van der Waals surface area contributed by atoms with Crippen LogP contribution in [0.1, 0.15) is 41.6 Å². The van der Waals surface area contributed by atoms with Crippen LogP contribution >= 0.6 is 11.3 Å². The summed E-state index contributed by atoms with van der Waals surface area (Å²) in [6.07, 6.45) is 2.94. The summed E-state index contributed by atoms with van der Waals surface area (Å²) in [5, 5.41) is 5.02. The molecule has 0 unspecified atom stereocenters. The summed E-state index contributed by atoms with van der Waals surface area (Å²) < 4.78 is 1.85. The molecule has 0 saturated carbocycles. The van der Waals surface area contributed by atoms with E-state index >= 15 is 0 Å². The molecule has 2 aromatic rings. The fraction of sp³-hybridized carbons (Fsp3) is 0.500. The second kappa shape index (κ2) is 4.49. The molecular formula is C12H18N4S. The molecule has 2 aromatic heterocycles. The molecule has 0 aliphatic heterocycles. The second-order valence-corrected chi connectivity index (χ2v) is 5.72. The van der Waals surface area contributed by atoms with Crippen molar-refractivity contribution in [1.29, 1.82) is 0 Å². The number of anilines is 1. The Labute approximate surface area is 105 Å². The highest BCUT2D eigenvalue weighted by Gasteiger charge is 2.15. The van der Waals surface area contributed by atoms with Gasteiger partial charge in [-0.05, 0) is 18.4 Å². The molecule has 0 aliphatic rings. The molecule has 0 saturated heterocycles. The van der Waals surface area contributed by atoms with Gasteiger partial charge in [-0.1, -0.05) is 13.8 Å². The zero-order valence-corrected chi connectivity index (χ0v) is 11.5. The first-order valence-corrected chi connectivity index (χ1v) is 6.53. The average Bonchev–Trinajstić information content (AvgIpc) is 2.71. The van der Waals surface area contributed by atoms with E-state index in [9.17, 15) is 0 Å². The van der Waals surface area contributed by atoms with Gasteiger partial charge in [0.25, 0.3) is 0 Å². The van der Waals surface area contributed by atoms with Crippen LogP contribution < -0.4 is 5.73 Å². The Morgan fingerprint density at radius 1 is 1.47 bits per heavy atom. The highest BCUT2D eigenvalue weighted by atomic mass is 32.1. The second-order valence-electron chi connectivity index (χ2n) is 4.61. The molecule has 2 N–H and O–H groups in total. The van der Waals surface area contributed by atoms with E-state index in [0.29, 0.717) is 11.0 Å². The maximum Gasteiger partial charge on any atom is 0.180 e. The van der Waals surface area contributed by atoms with E-state index in [-0.39, 0.29) is 0 Å². The number of nitrogen functional groups attached to an aromatic ring is 1. The SMILES string of the molecule is Cc1nn(C)cc1Cc1sc(N)nc1C(C)C. The monoisotopic (exact) mass is 250 g/mol. The summed E-state index contributed by atoms with van der Waals surface area (Å²) >= 11 is 1.59. The average molecular weight is 250 g/mol. The first-order chi connectivity index (χ1) is 7.97. The van der Waals surface area contributed by atoms with Crippen LogP contribution in [0.25, 0.3) is 0 Å². The molecule has 17 heavy (non-hydrogen) atoms. The molecule has 0 atom stereocenters. The van der Waals surface area contributed by atoms with Gasteiger partial charge in [-0.2, -0.15) is 5.10 Å². The predicted octanol–water partition coefficient (Wildman–Crippen LogP) is 2.48. The molecule has 5 heteroatoms. The maximum absolute atomic E-state index is 5.80. The number of nitrogens with two attached hydrogens (primary N) is 1. The maximum atomic E-state index is 5.80. The van der Waals surface area contributed by atoms with Crippen LogP contribution in [0.15, 0.2) is 6.20 Å². The van der Waals surface area contributed by atoms with Crippen LogP contribution in [0.2, 0.25) is 0 Å². The molecule has 0 fully saturated rings. The van der Waals surface area contributed by atoms with Gasteiger partial charge >= 0.3 is 0 Å². The highest BCUT2D eigenvalue weighted by molar-refractivity contribution is 7.15. The highest BCUT2D eigenvalue weighted by Crippen LogP contribution is 2.29. The van der Waals surface area contributed by atoms with Crippen molar-refractivity contribution in [3.63, 3.8) is 0 Å². The summed E-state index contributed by atoms with van der Waals surface area (Å²) in [6.45, 7) is 6.33. The van der Waals surface area contributed by atoms with E-state index in [4.69, 9.17) is 5.73 Å². The van der Waals surface area contributed by atoms with Crippen LogP contribution in [0.5, 0.6) is 0 Å². The van der Waals surface area contributed by atoms with Crippen molar-refractivity contribution in [1.82, 2.24) is 14.8 Å². The lowest BCUT2D eigenvalue weighted by Gasteiger charge is -2.04. The molecule has 0 spiro atoms. The van der Waals surface area contributed by atoms with Crippen molar-refractivity contribution in [2.75, 3.05) is 5.73 Å². The van der Waals surface area contributed by atoms with Crippen molar-refractivity contribution < 1.29 is 0 Å². The predicted molar refractivity (Wildman–Crippen MR) is 71.4 cm³/mol. The molecule has 2 heterocycles. The molecule has 4 nitrogen and oxygen atoms in total. The normalized spacial score (nSPS) is 11.4. The Kier molecular flexibility index (Phi) is 3.19. The summed E-state index contributed by atoms with van der Waals surface area (Å²) in [5.74, 6) is 0.413. The minimum atomic E-state index is 0.413. The summed E-state index contributed by atoms with van der Waals surface area (Å²) in [6, 6.07) is 0. The fourth-order valence-corrected chi connectivity index (χ4v) is 2.97. The molecule has 0 aromatic carbocycles. The number of hydrogen-bond donors (Lipinski definition) is 1. The number of nitrogens with zero attached hydrogens (tertiary/aromatic N) is 3. The molecule has 0 amide bonds. The van der Waals surface area contributed by atoms with E-state index in [0.717, 1.165) is 17.8 Å². The van der Waals surface area contributed by atoms with Crippen molar-refractivity contribution in [3.05, 3.63) is 28.0 Å². The third-order valence-electron chi connectivity index (χ3n) is 2.76. The van der Waals surface area contributed by atoms with Crippen LogP contribution in [0.4, 0.5) is 5.13 Å². The number of aryl methyl sites for hydroxylation is 2. The van der Waals surface area contributed by atoms with Gasteiger partial charge in [0.05, 0.1) is 11.4 Å². The third-order valence-corrected chi connectivity index (χ3v) is 3.66. The number of hydrogen-bond acceptors (Lipinski definition) is 4. The van der Waals surface area contributed by atoms with Gasteiger partial charge in [-0.25, -0.2) is 4.98 Å². The van der Waals surface area contributed by atoms with Crippen molar-refractivity contribution in [3.8, 4) is 0 Å². The minimum absolute atomic E-state index is 0.413. The van der Waals surface area contributed by atoms with Crippen LogP contribution in [-0.4, -0.2) is 14.8 Å². The van der Waals surface area contributed by atoms with Crippen LogP contribution in [-0.2, 0) is 13.5 Å². The number of thiazole rings is 1. The summed E-state index contributed by atoms with van der Waals surface area (Å²) in [7, 11) is 1.95. The molecule has 0 aliphatic carbocycles. The molecular weight excluding hydrogens is 232 g/mol. The minimum Gasteiger partial charge on any atom is -0.375 e. The summed E-state index contributed by atoms with van der Waals surface area (Å²) in [4.78, 5) is 5.67. The van der Waals surface area contributed by atoms with E-state index in [1.54, 1.807) is 11.3 Å². The number of rotatable bonds is 3. The topological polar surface area (TPSA) is 56.7 Å². The Morgan fingerprint density at radius 2 is 2.18 bits per heavy atom. The Balaban J connectivity index is 2.32. The molecule has 2 rings (SSSR count). The van der Waals surface area contributed by atoms with E-state index in [2.05, 4.69) is 30.1 Å². The van der Waals surface area contributed by atoms with Gasteiger partial charge in [0, 0.05) is 24.5 Å². The van der Waals surface area contributed by atoms with Gasteiger partial charge in [-0.3, -0.25) is 4.68 Å². The molecule has 0 radical (unpaired) electrons. The largest absolute Gasteiger partial charge is 0.375 e. The standard InChI is InChI=1S/C12H18N4S/c1-7(2)11-10(17-12(13)14-11)5-9-6-16(4)15-8(9)3/h6-7H,5H2,1-4H3,(H2,13,14). The molecule has 0 bridgehead atoms. The van der Waals surface area contributed by atoms with Gasteiger partial charge in [0.15, 0.2) is 5.13 Å². The van der Waals surface area contributed by atoms with Crippen molar-refractivity contribution in [2.45, 2.75) is 33.1 Å². The Bertz CT molecular complexity index is 525. The lowest BCUT2D eigenvalue weighted by atomic mass is 10.1. The molecule has 92 valence electrons. The van der Waals surface area contributed by atoms with Crippen LogP contribution in [0.3, 0.4) is 0 Å². The quantitative estimate of drug-likeness (QED) is 0.910. The Hall–Kier alpha value is -1.36. The lowest BCUT2D eigenvalue weighted by molar-refractivity contribution is 0.756. The van der Waals surface area contributed by atoms with E-state index < -0.39 is 0 Å². The van der Waals surface area contributed by atoms with Gasteiger partial charge < -0.3 is 5.73 Å². The summed E-state index contributed by atoms with van der Waals surface area (Å²) in [5.41, 5.74) is 9.25. The first kappa shape index (κ1) is 12.1. The van der Waals surface area contributed by atoms with E-state index in [1.165, 1.54) is 10.4 Å². The van der Waals surface area contributed by atoms with Gasteiger partial charge in [0.1, 0.15) is 0 Å². The first-order valence-electron chi connectivity index (χ1n) is 5.71. The van der Waals surface area contributed by atoms with Gasteiger partial charge in [-0.15, -0.1) is 11.3 Å². The van der Waals surface area contributed by atoms with E-state index in [1.807, 2.05) is 18.7 Å². The third kappa shape index (κ3) is 2.49. The van der Waals surface area contributed by atoms with Crippen molar-refractivity contribution >= 4 is 16.5 Å². The fourth-order valence-electron chi connectivity index (χ4n) is 1.96. The van der Waals surface area contributed by atoms with Gasteiger partial charge in [0.2, 0.25) is 0 Å². The van der Waals surface area contributed by atoms with Crippen molar-refractivity contribution in [2.24, 2.45) is 7.05 Å². The number of aromatic nitrogens is 3. The van der Waals surface area contributed by atoms with Crippen LogP contribution in [0, 0.1) is 6.92 Å². The zero-order valence-electron chi connectivity index (χ0n) is 10.7. The zero-order chi connectivity index (χ0) is 12.6. The Morgan fingerprint density at radius 3 is 2.71 bits per heavy atom. The lowest BCUT2D eigenvalue weighted by Crippen LogP contribution is -1.95.